The van der Waals surface area contributed by atoms with Gasteiger partial charge in [0.05, 0.1) is 19.2 Å². The molecule has 2 aliphatic rings. The van der Waals surface area contributed by atoms with Crippen molar-refractivity contribution in [2.45, 2.75) is 5.92 Å². The zero-order chi connectivity index (χ0) is 14.5. The van der Waals surface area contributed by atoms with Crippen LogP contribution in [0.4, 0.5) is 0 Å². The lowest BCUT2D eigenvalue weighted by atomic mass is 9.98. The van der Waals surface area contributed by atoms with Gasteiger partial charge in [0.2, 0.25) is 11.8 Å². The normalized spacial score (nSPS) is 33.6. The largest absolute Gasteiger partial charge is 0.497 e. The average molecular weight is 267 g/mol. The van der Waals surface area contributed by atoms with Crippen LogP contribution >= 0.6 is 0 Å². The van der Waals surface area contributed by atoms with Crippen molar-refractivity contribution in [3.63, 3.8) is 0 Å². The predicted molar refractivity (Wildman–Crippen MR) is 65.0 cm³/mol. The highest BCUT2D eigenvalue weighted by atomic mass is 16.5. The summed E-state index contributed by atoms with van der Waals surface area (Å²) in [5.74, 6) is -1.48. The van der Waals surface area contributed by atoms with E-state index < -0.39 is 28.6 Å². The number of hydrogen-bond donors (Lipinski definition) is 1. The lowest BCUT2D eigenvalue weighted by Crippen LogP contribution is -2.31. The van der Waals surface area contributed by atoms with Crippen molar-refractivity contribution < 1.29 is 14.3 Å². The van der Waals surface area contributed by atoms with E-state index in [1.807, 2.05) is 12.1 Å². The number of nitrogens with zero attached hydrogens (tertiary/aromatic N) is 2. The Morgan fingerprint density at radius 2 is 1.60 bits per heavy atom. The summed E-state index contributed by atoms with van der Waals surface area (Å²) in [4.78, 5) is 23.8. The molecule has 6 heteroatoms. The molecule has 20 heavy (non-hydrogen) atoms. The lowest BCUT2D eigenvalue weighted by molar-refractivity contribution is -0.128. The first kappa shape index (κ1) is 12.2. The highest BCUT2D eigenvalue weighted by molar-refractivity contribution is 6.19. The summed E-state index contributed by atoms with van der Waals surface area (Å²) in [6, 6.07) is 10.4. The van der Waals surface area contributed by atoms with E-state index in [0.29, 0.717) is 11.3 Å². The van der Waals surface area contributed by atoms with Gasteiger partial charge in [0, 0.05) is 5.92 Å². The van der Waals surface area contributed by atoms with E-state index in [-0.39, 0.29) is 0 Å². The second-order valence-corrected chi connectivity index (χ2v) is 4.83. The van der Waals surface area contributed by atoms with Crippen molar-refractivity contribution in [2.75, 3.05) is 7.11 Å². The number of carbonyl (C=O) groups is 2. The molecule has 98 valence electrons. The molecule has 1 unspecified atom stereocenters. The van der Waals surface area contributed by atoms with Crippen molar-refractivity contribution in [2.24, 2.45) is 10.8 Å². The summed E-state index contributed by atoms with van der Waals surface area (Å²) in [6.07, 6.45) is 0. The Morgan fingerprint density at radius 3 is 2.00 bits per heavy atom. The van der Waals surface area contributed by atoms with Gasteiger partial charge in [0.25, 0.3) is 0 Å². The maximum atomic E-state index is 11.9. The number of benzene rings is 1. The van der Waals surface area contributed by atoms with Crippen molar-refractivity contribution >= 4 is 11.8 Å². The third-order valence-electron chi connectivity index (χ3n) is 4.15. The molecule has 1 saturated carbocycles. The van der Waals surface area contributed by atoms with E-state index >= 15 is 0 Å². The average Bonchev–Trinajstić information content (AvgIpc) is 3.05. The molecular weight excluding hydrogens is 258 g/mol. The molecule has 1 N–H and O–H groups in total. The van der Waals surface area contributed by atoms with Crippen molar-refractivity contribution in [3.05, 3.63) is 29.8 Å². The van der Waals surface area contributed by atoms with Crippen LogP contribution in [0.25, 0.3) is 0 Å². The highest BCUT2D eigenvalue weighted by Gasteiger charge is 2.90. The first-order valence-electron chi connectivity index (χ1n) is 5.91. The molecule has 0 aromatic heterocycles. The number of methoxy groups -OCH3 is 1. The van der Waals surface area contributed by atoms with Gasteiger partial charge < -0.3 is 4.74 Å². The van der Waals surface area contributed by atoms with E-state index in [9.17, 15) is 20.1 Å². The first-order valence-corrected chi connectivity index (χ1v) is 5.91. The minimum absolute atomic E-state index is 0.608. The molecule has 1 heterocycles. The predicted octanol–water partition coefficient (Wildman–Crippen LogP) is 0.469. The van der Waals surface area contributed by atoms with E-state index in [1.165, 1.54) is 7.11 Å². The van der Waals surface area contributed by atoms with Crippen molar-refractivity contribution in [3.8, 4) is 17.9 Å². The van der Waals surface area contributed by atoms with Crippen LogP contribution in [0.3, 0.4) is 0 Å². The molecule has 1 saturated heterocycles. The minimum atomic E-state index is -1.60. The molecule has 1 aromatic rings. The smallest absolute Gasteiger partial charge is 0.250 e. The van der Waals surface area contributed by atoms with Gasteiger partial charge in [-0.05, 0) is 17.7 Å². The fourth-order valence-electron chi connectivity index (χ4n) is 3.10. The second-order valence-electron chi connectivity index (χ2n) is 4.83. The molecule has 2 fully saturated rings. The van der Waals surface area contributed by atoms with Gasteiger partial charge in [-0.25, -0.2) is 0 Å². The molecule has 3 atom stereocenters. The number of fused-ring (bicyclic) bond motifs is 1. The first-order chi connectivity index (χ1) is 9.58. The zero-order valence-electron chi connectivity index (χ0n) is 10.5. The van der Waals surface area contributed by atoms with Crippen molar-refractivity contribution in [1.82, 2.24) is 5.32 Å². The Kier molecular flexibility index (Phi) is 2.18. The number of imide groups is 1. The molecule has 0 spiro atoms. The molecule has 0 radical (unpaired) electrons. The van der Waals surface area contributed by atoms with Crippen molar-refractivity contribution in [1.29, 1.82) is 10.5 Å². The number of hydrogen-bond acceptors (Lipinski definition) is 5. The van der Waals surface area contributed by atoms with E-state index in [0.717, 1.165) is 0 Å². The van der Waals surface area contributed by atoms with Gasteiger partial charge in [-0.2, -0.15) is 10.5 Å². The number of ether oxygens (including phenoxy) is 1. The summed E-state index contributed by atoms with van der Waals surface area (Å²) in [7, 11) is 1.52. The Morgan fingerprint density at radius 1 is 1.10 bits per heavy atom. The fourth-order valence-corrected chi connectivity index (χ4v) is 3.10. The molecule has 1 aliphatic carbocycles. The van der Waals surface area contributed by atoms with Crippen LogP contribution in [0.1, 0.15) is 11.5 Å². The summed E-state index contributed by atoms with van der Waals surface area (Å²) in [5, 5.41) is 20.8. The number of amides is 2. The standard InChI is InChI=1S/C14H9N3O3/c1-20-9-4-2-8(3-5-9)10-13(6-15)11(18)17-12(19)14(10,13)7-16/h2-5,10H,1H3,(H,17,18,19)/t10?,13-,14+. The van der Waals surface area contributed by atoms with Gasteiger partial charge in [-0.15, -0.1) is 0 Å². The quantitative estimate of drug-likeness (QED) is 0.784. The van der Waals surface area contributed by atoms with Gasteiger partial charge >= 0.3 is 0 Å². The van der Waals surface area contributed by atoms with Crippen LogP contribution in [0.5, 0.6) is 5.75 Å². The monoisotopic (exact) mass is 267 g/mol. The molecule has 1 aromatic carbocycles. The third kappa shape index (κ3) is 1.03. The number of rotatable bonds is 2. The van der Waals surface area contributed by atoms with Crippen LogP contribution in [0.2, 0.25) is 0 Å². The zero-order valence-corrected chi connectivity index (χ0v) is 10.5. The third-order valence-corrected chi connectivity index (χ3v) is 4.15. The molecular formula is C14H9N3O3. The van der Waals surface area contributed by atoms with Gasteiger partial charge in [-0.1, -0.05) is 12.1 Å². The van der Waals surface area contributed by atoms with Crippen LogP contribution in [0.15, 0.2) is 24.3 Å². The molecule has 2 amide bonds. The number of piperidine rings is 1. The Labute approximate surface area is 114 Å². The van der Waals surface area contributed by atoms with E-state index in [4.69, 9.17) is 4.74 Å². The number of carbonyl (C=O) groups excluding carboxylic acids is 2. The maximum Gasteiger partial charge on any atom is 0.250 e. The summed E-state index contributed by atoms with van der Waals surface area (Å²) < 4.78 is 5.03. The van der Waals surface area contributed by atoms with Gasteiger partial charge in [0.15, 0.2) is 10.8 Å². The summed E-state index contributed by atoms with van der Waals surface area (Å²) in [6.45, 7) is 0. The van der Waals surface area contributed by atoms with Crippen LogP contribution in [-0.2, 0) is 9.59 Å². The second kappa shape index (κ2) is 3.58. The SMILES string of the molecule is COc1ccc(C2[C@]3(C#N)C(=O)NC(=O)[C@]23C#N)cc1. The summed E-state index contributed by atoms with van der Waals surface area (Å²) >= 11 is 0. The molecule has 6 nitrogen and oxygen atoms in total. The number of nitrogens with one attached hydrogen (secondary N) is 1. The molecule has 3 rings (SSSR count). The molecule has 0 bridgehead atoms. The van der Waals surface area contributed by atoms with Crippen LogP contribution in [-0.4, -0.2) is 18.9 Å². The van der Waals surface area contributed by atoms with Crippen LogP contribution in [0, 0.1) is 33.5 Å². The summed E-state index contributed by atoms with van der Waals surface area (Å²) in [5.41, 5.74) is -2.60. The topological polar surface area (TPSA) is 103 Å². The Bertz CT molecular complexity index is 675. The molecule has 1 aliphatic heterocycles. The maximum absolute atomic E-state index is 11.9. The minimum Gasteiger partial charge on any atom is -0.497 e. The van der Waals surface area contributed by atoms with Gasteiger partial charge in [-0.3, -0.25) is 14.9 Å². The number of nitriles is 2. The van der Waals surface area contributed by atoms with Crippen LogP contribution < -0.4 is 10.1 Å². The van der Waals surface area contributed by atoms with Gasteiger partial charge in [0.1, 0.15) is 5.75 Å². The fraction of sp³-hybridized carbons (Fsp3) is 0.286. The Hall–Kier alpha value is -2.86. The van der Waals surface area contributed by atoms with E-state index in [1.54, 1.807) is 24.3 Å². The van der Waals surface area contributed by atoms with E-state index in [2.05, 4.69) is 5.32 Å². The Balaban J connectivity index is 2.12. The lowest BCUT2D eigenvalue weighted by Gasteiger charge is -2.08. The highest BCUT2D eigenvalue weighted by Crippen LogP contribution is 2.76.